The summed E-state index contributed by atoms with van der Waals surface area (Å²) in [5.74, 6) is -1.91. The third-order valence-electron chi connectivity index (χ3n) is 4.48. The van der Waals surface area contributed by atoms with Crippen molar-refractivity contribution in [1.82, 2.24) is 9.21 Å². The quantitative estimate of drug-likeness (QED) is 0.718. The Morgan fingerprint density at radius 1 is 1.19 bits per heavy atom. The SMILES string of the molecule is CN(CC(=O)Nc1ccc(C(=O)N2CCC(C(=O)O)CC2)cc1)S(C)(=O)=O. The lowest BCUT2D eigenvalue weighted by Gasteiger charge is -2.30. The number of aliphatic carboxylic acids is 1. The van der Waals surface area contributed by atoms with Gasteiger partial charge < -0.3 is 15.3 Å². The summed E-state index contributed by atoms with van der Waals surface area (Å²) in [7, 11) is -2.13. The molecule has 10 heteroatoms. The fourth-order valence-corrected chi connectivity index (χ4v) is 3.08. The molecule has 9 nitrogen and oxygen atoms in total. The van der Waals surface area contributed by atoms with E-state index in [1.54, 1.807) is 29.2 Å². The summed E-state index contributed by atoms with van der Waals surface area (Å²) in [6.45, 7) is 0.482. The zero-order chi connectivity index (χ0) is 20.2. The number of sulfonamides is 1. The first-order chi connectivity index (χ1) is 12.6. The molecule has 2 N–H and O–H groups in total. The predicted octanol–water partition coefficient (Wildman–Crippen LogP) is 0.453. The molecule has 27 heavy (non-hydrogen) atoms. The second kappa shape index (κ2) is 8.49. The Morgan fingerprint density at radius 2 is 1.74 bits per heavy atom. The minimum absolute atomic E-state index is 0.187. The molecule has 1 aromatic carbocycles. The van der Waals surface area contributed by atoms with Crippen molar-refractivity contribution in [2.75, 3.05) is 38.3 Å². The van der Waals surface area contributed by atoms with Gasteiger partial charge in [-0.25, -0.2) is 8.42 Å². The molecule has 1 aromatic rings. The zero-order valence-corrected chi connectivity index (χ0v) is 16.0. The van der Waals surface area contributed by atoms with Gasteiger partial charge in [-0.3, -0.25) is 14.4 Å². The Bertz CT molecular complexity index is 814. The number of carbonyl (C=O) groups is 3. The first kappa shape index (κ1) is 20.8. The molecular formula is C17H23N3O6S. The molecule has 0 unspecified atom stereocenters. The summed E-state index contributed by atoms with van der Waals surface area (Å²) < 4.78 is 23.6. The van der Waals surface area contributed by atoms with Crippen LogP contribution in [0.4, 0.5) is 5.69 Å². The van der Waals surface area contributed by atoms with Crippen molar-refractivity contribution in [1.29, 1.82) is 0 Å². The van der Waals surface area contributed by atoms with Gasteiger partial charge in [0.05, 0.1) is 18.7 Å². The van der Waals surface area contributed by atoms with Crippen molar-refractivity contribution >= 4 is 33.5 Å². The second-order valence-corrected chi connectivity index (χ2v) is 8.64. The lowest BCUT2D eigenvalue weighted by molar-refractivity contribution is -0.143. The highest BCUT2D eigenvalue weighted by atomic mass is 32.2. The maximum Gasteiger partial charge on any atom is 0.306 e. The molecule has 0 aliphatic carbocycles. The van der Waals surface area contributed by atoms with Crippen LogP contribution in [0.15, 0.2) is 24.3 Å². The van der Waals surface area contributed by atoms with Gasteiger partial charge in [-0.05, 0) is 37.1 Å². The highest BCUT2D eigenvalue weighted by Gasteiger charge is 2.27. The minimum Gasteiger partial charge on any atom is -0.481 e. The molecular weight excluding hydrogens is 374 g/mol. The van der Waals surface area contributed by atoms with Gasteiger partial charge in [0.15, 0.2) is 0 Å². The van der Waals surface area contributed by atoms with E-state index in [4.69, 9.17) is 5.11 Å². The Kier molecular flexibility index (Phi) is 6.55. The van der Waals surface area contributed by atoms with Crippen LogP contribution in [0.1, 0.15) is 23.2 Å². The maximum atomic E-state index is 12.5. The average molecular weight is 397 g/mol. The summed E-state index contributed by atoms with van der Waals surface area (Å²) in [5.41, 5.74) is 0.887. The van der Waals surface area contributed by atoms with Gasteiger partial charge in [-0.1, -0.05) is 0 Å². The molecule has 2 amide bonds. The van der Waals surface area contributed by atoms with Gasteiger partial charge in [-0.15, -0.1) is 0 Å². The van der Waals surface area contributed by atoms with Crippen LogP contribution in [0.5, 0.6) is 0 Å². The lowest BCUT2D eigenvalue weighted by atomic mass is 9.96. The number of carbonyl (C=O) groups excluding carboxylic acids is 2. The fraction of sp³-hybridized carbons (Fsp3) is 0.471. The summed E-state index contributed by atoms with van der Waals surface area (Å²) in [6.07, 6.45) is 1.88. The third kappa shape index (κ3) is 5.76. The summed E-state index contributed by atoms with van der Waals surface area (Å²) in [4.78, 5) is 37.0. The normalized spacial score (nSPS) is 15.6. The fourth-order valence-electron chi connectivity index (χ4n) is 2.73. The summed E-state index contributed by atoms with van der Waals surface area (Å²) in [5, 5.41) is 11.6. The van der Waals surface area contributed by atoms with Crippen molar-refractivity contribution in [2.24, 2.45) is 5.92 Å². The van der Waals surface area contributed by atoms with Crippen LogP contribution < -0.4 is 5.32 Å². The number of piperidine rings is 1. The number of likely N-dealkylation sites (N-methyl/N-ethyl adjacent to an activating group) is 1. The molecule has 1 heterocycles. The Hall–Kier alpha value is -2.46. The molecule has 0 atom stereocenters. The van der Waals surface area contributed by atoms with Crippen LogP contribution in [0, 0.1) is 5.92 Å². The van der Waals surface area contributed by atoms with E-state index in [2.05, 4.69) is 5.32 Å². The molecule has 1 aliphatic heterocycles. The van der Waals surface area contributed by atoms with Crippen molar-refractivity contribution < 1.29 is 27.9 Å². The van der Waals surface area contributed by atoms with E-state index in [1.807, 2.05) is 0 Å². The molecule has 2 rings (SSSR count). The number of likely N-dealkylation sites (tertiary alicyclic amines) is 1. The molecule has 0 radical (unpaired) electrons. The lowest BCUT2D eigenvalue weighted by Crippen LogP contribution is -2.40. The molecule has 1 fully saturated rings. The highest BCUT2D eigenvalue weighted by Crippen LogP contribution is 2.20. The number of benzene rings is 1. The third-order valence-corrected chi connectivity index (χ3v) is 5.74. The van der Waals surface area contributed by atoms with Gasteiger partial charge in [0, 0.05) is 31.4 Å². The number of anilines is 1. The van der Waals surface area contributed by atoms with Gasteiger partial charge in [-0.2, -0.15) is 4.31 Å². The second-order valence-electron chi connectivity index (χ2n) is 6.55. The van der Waals surface area contributed by atoms with Gasteiger partial charge in [0.25, 0.3) is 5.91 Å². The number of nitrogens with zero attached hydrogens (tertiary/aromatic N) is 2. The number of hydrogen-bond donors (Lipinski definition) is 2. The molecule has 0 saturated carbocycles. The molecule has 0 bridgehead atoms. The molecule has 1 aliphatic rings. The van der Waals surface area contributed by atoms with Crippen molar-refractivity contribution in [3.05, 3.63) is 29.8 Å². The first-order valence-electron chi connectivity index (χ1n) is 8.41. The maximum absolute atomic E-state index is 12.5. The van der Waals surface area contributed by atoms with Crippen LogP contribution in [0.3, 0.4) is 0 Å². The minimum atomic E-state index is -3.44. The van der Waals surface area contributed by atoms with Crippen LogP contribution in [-0.2, 0) is 19.6 Å². The molecule has 0 spiro atoms. The Morgan fingerprint density at radius 3 is 2.22 bits per heavy atom. The van der Waals surface area contributed by atoms with Crippen LogP contribution in [-0.4, -0.2) is 73.5 Å². The van der Waals surface area contributed by atoms with E-state index in [0.717, 1.165) is 10.6 Å². The van der Waals surface area contributed by atoms with Crippen molar-refractivity contribution in [3.63, 3.8) is 0 Å². The van der Waals surface area contributed by atoms with Crippen LogP contribution >= 0.6 is 0 Å². The van der Waals surface area contributed by atoms with Crippen LogP contribution in [0.2, 0.25) is 0 Å². The van der Waals surface area contributed by atoms with Crippen molar-refractivity contribution in [3.8, 4) is 0 Å². The van der Waals surface area contributed by atoms with E-state index in [9.17, 15) is 22.8 Å². The smallest absolute Gasteiger partial charge is 0.306 e. The van der Waals surface area contributed by atoms with E-state index in [-0.39, 0.29) is 12.5 Å². The number of carboxylic acids is 1. The number of nitrogens with one attached hydrogen (secondary N) is 1. The van der Waals surface area contributed by atoms with Gasteiger partial charge in [0.1, 0.15) is 0 Å². The van der Waals surface area contributed by atoms with E-state index in [0.29, 0.717) is 37.2 Å². The monoisotopic (exact) mass is 397 g/mol. The number of carboxylic acid groups (broad SMARTS) is 1. The molecule has 1 saturated heterocycles. The first-order valence-corrected chi connectivity index (χ1v) is 10.3. The predicted molar refractivity (Wildman–Crippen MR) is 98.8 cm³/mol. The van der Waals surface area contributed by atoms with Crippen molar-refractivity contribution in [2.45, 2.75) is 12.8 Å². The highest BCUT2D eigenvalue weighted by molar-refractivity contribution is 7.88. The van der Waals surface area contributed by atoms with E-state index < -0.39 is 27.8 Å². The topological polar surface area (TPSA) is 124 Å². The van der Waals surface area contributed by atoms with E-state index >= 15 is 0 Å². The van der Waals surface area contributed by atoms with Crippen LogP contribution in [0.25, 0.3) is 0 Å². The van der Waals surface area contributed by atoms with Gasteiger partial charge >= 0.3 is 5.97 Å². The summed E-state index contributed by atoms with van der Waals surface area (Å²) in [6, 6.07) is 6.27. The zero-order valence-electron chi connectivity index (χ0n) is 15.2. The number of hydrogen-bond acceptors (Lipinski definition) is 5. The number of rotatable bonds is 6. The Labute approximate surface area is 158 Å². The van der Waals surface area contributed by atoms with Gasteiger partial charge in [0.2, 0.25) is 15.9 Å². The molecule has 148 valence electrons. The standard InChI is InChI=1S/C17H23N3O6S/c1-19(27(2,25)26)11-15(21)18-14-5-3-12(4-6-14)16(22)20-9-7-13(8-10-20)17(23)24/h3-6,13H,7-11H2,1-2H3,(H,18,21)(H,23,24). The van der Waals surface area contributed by atoms with E-state index in [1.165, 1.54) is 7.05 Å². The largest absolute Gasteiger partial charge is 0.481 e. The Balaban J connectivity index is 1.92. The molecule has 0 aromatic heterocycles. The average Bonchev–Trinajstić information content (AvgIpc) is 2.61. The summed E-state index contributed by atoms with van der Waals surface area (Å²) >= 11 is 0. The number of amides is 2.